The number of hydrogen-bond donors (Lipinski definition) is 1. The Kier molecular flexibility index (Phi) is 5.30. The number of nitrogens with one attached hydrogen (secondary N) is 1. The first-order valence-corrected chi connectivity index (χ1v) is 11.1. The first-order valence-electron chi connectivity index (χ1n) is 8.13. The van der Waals surface area contributed by atoms with Gasteiger partial charge in [0.05, 0.1) is 23.5 Å². The summed E-state index contributed by atoms with van der Waals surface area (Å²) in [5.41, 5.74) is 1.21. The van der Waals surface area contributed by atoms with E-state index in [0.29, 0.717) is 10.8 Å². The topological polar surface area (TPSA) is 64.1 Å². The molecule has 2 aromatic heterocycles. The van der Waals surface area contributed by atoms with Gasteiger partial charge in [-0.15, -0.1) is 0 Å². The van der Waals surface area contributed by atoms with Crippen LogP contribution in [0.2, 0.25) is 0 Å². The van der Waals surface area contributed by atoms with Gasteiger partial charge >= 0.3 is 21.2 Å². The third-order valence-electron chi connectivity index (χ3n) is 3.73. The fourth-order valence-corrected chi connectivity index (χ4v) is 5.44. The number of fused-ring (bicyclic) bond motifs is 1. The lowest BCUT2D eigenvalue weighted by Gasteiger charge is -1.99. The van der Waals surface area contributed by atoms with Crippen molar-refractivity contribution in [2.45, 2.75) is 0 Å². The lowest BCUT2D eigenvalue weighted by atomic mass is 10.3. The molecule has 4 aromatic rings. The highest BCUT2D eigenvalue weighted by atomic mass is 127. The second kappa shape index (κ2) is 8.01. The van der Waals surface area contributed by atoms with E-state index in [1.807, 2.05) is 42.5 Å². The van der Waals surface area contributed by atoms with E-state index in [0.717, 1.165) is 16.0 Å². The number of rotatable bonds is 5. The number of thiazole rings is 1. The van der Waals surface area contributed by atoms with Crippen molar-refractivity contribution in [1.82, 2.24) is 9.97 Å². The summed E-state index contributed by atoms with van der Waals surface area (Å²) in [6.45, 7) is 0. The standard InChI is InChI=1S/C20H14IN3O2S/c1-26-15-8-10-16-18(11-15)27-20(23-16)24-19(25)17-9-7-14(12-22-17)21-13-5-3-2-4-6-13/h2-12H,1H3/p+1. The van der Waals surface area contributed by atoms with Gasteiger partial charge < -0.3 is 4.74 Å². The summed E-state index contributed by atoms with van der Waals surface area (Å²) in [6.07, 6.45) is 1.79. The van der Waals surface area contributed by atoms with E-state index >= 15 is 0 Å². The average molecular weight is 488 g/mol. The lowest BCUT2D eigenvalue weighted by Crippen LogP contribution is -3.61. The predicted molar refractivity (Wildman–Crippen MR) is 102 cm³/mol. The van der Waals surface area contributed by atoms with Crippen LogP contribution in [0, 0.1) is 7.14 Å². The number of nitrogens with zero attached hydrogens (tertiary/aromatic N) is 2. The van der Waals surface area contributed by atoms with Crippen molar-refractivity contribution in [3.63, 3.8) is 0 Å². The fourth-order valence-electron chi connectivity index (χ4n) is 2.42. The number of methoxy groups -OCH3 is 1. The zero-order valence-corrected chi connectivity index (χ0v) is 17.3. The van der Waals surface area contributed by atoms with Gasteiger partial charge in [0.1, 0.15) is 11.4 Å². The number of benzene rings is 2. The van der Waals surface area contributed by atoms with Gasteiger partial charge in [-0.05, 0) is 42.5 Å². The molecule has 0 radical (unpaired) electrons. The zero-order valence-electron chi connectivity index (χ0n) is 14.3. The molecule has 4 rings (SSSR count). The molecule has 5 nitrogen and oxygen atoms in total. The lowest BCUT2D eigenvalue weighted by molar-refractivity contribution is -0.597. The molecule has 1 N–H and O–H groups in total. The van der Waals surface area contributed by atoms with E-state index < -0.39 is 0 Å². The maximum Gasteiger partial charge on any atom is 0.359 e. The number of halogens is 1. The molecule has 0 saturated carbocycles. The monoisotopic (exact) mass is 488 g/mol. The Labute approximate surface area is 170 Å². The van der Waals surface area contributed by atoms with Gasteiger partial charge in [-0.1, -0.05) is 29.5 Å². The summed E-state index contributed by atoms with van der Waals surface area (Å²) in [5, 5.41) is 3.38. The van der Waals surface area contributed by atoms with Gasteiger partial charge in [-0.2, -0.15) is 0 Å². The van der Waals surface area contributed by atoms with Gasteiger partial charge in [-0.25, -0.2) is 9.97 Å². The number of hydrogen-bond acceptors (Lipinski definition) is 5. The molecule has 1 amide bonds. The van der Waals surface area contributed by atoms with E-state index in [2.05, 4.69) is 27.4 Å². The average Bonchev–Trinajstić information content (AvgIpc) is 3.10. The highest BCUT2D eigenvalue weighted by Gasteiger charge is 2.17. The van der Waals surface area contributed by atoms with Crippen LogP contribution >= 0.6 is 11.3 Å². The number of pyridine rings is 1. The largest absolute Gasteiger partial charge is 0.497 e. The molecular formula is C20H15IN3O2S+. The van der Waals surface area contributed by atoms with Gasteiger partial charge in [0, 0.05) is 0 Å². The molecule has 0 saturated heterocycles. The van der Waals surface area contributed by atoms with Crippen LogP contribution in [0.3, 0.4) is 0 Å². The molecule has 0 fully saturated rings. The van der Waals surface area contributed by atoms with Crippen molar-refractivity contribution in [3.8, 4) is 5.75 Å². The Morgan fingerprint density at radius 1 is 1.07 bits per heavy atom. The highest BCUT2D eigenvalue weighted by molar-refractivity contribution is 7.22. The van der Waals surface area contributed by atoms with Crippen molar-refractivity contribution in [3.05, 3.63) is 79.7 Å². The molecule has 2 aromatic carbocycles. The van der Waals surface area contributed by atoms with Gasteiger partial charge in [0.15, 0.2) is 8.70 Å². The molecule has 0 aliphatic rings. The van der Waals surface area contributed by atoms with Gasteiger partial charge in [0.2, 0.25) is 3.57 Å². The van der Waals surface area contributed by atoms with Crippen LogP contribution in [-0.2, 0) is 0 Å². The Hall–Kier alpha value is -2.52. The predicted octanol–water partition coefficient (Wildman–Crippen LogP) is 1.08. The number of ether oxygens (including phenoxy) is 1. The van der Waals surface area contributed by atoms with Crippen LogP contribution < -0.4 is 31.3 Å². The smallest absolute Gasteiger partial charge is 0.359 e. The SMILES string of the molecule is COc1ccc2nc(NC(=O)c3ccc([I+]c4ccccc4)cn3)sc2c1. The van der Waals surface area contributed by atoms with Crippen LogP contribution in [0.4, 0.5) is 5.13 Å². The van der Waals surface area contributed by atoms with Crippen LogP contribution in [0.1, 0.15) is 10.5 Å². The van der Waals surface area contributed by atoms with Crippen molar-refractivity contribution < 1.29 is 30.7 Å². The number of carbonyl (C=O) groups excluding carboxylic acids is 1. The maximum absolute atomic E-state index is 12.5. The Morgan fingerprint density at radius 2 is 1.93 bits per heavy atom. The Morgan fingerprint density at radius 3 is 2.67 bits per heavy atom. The summed E-state index contributed by atoms with van der Waals surface area (Å²) in [6, 6.07) is 19.7. The zero-order chi connectivity index (χ0) is 18.6. The molecular weight excluding hydrogens is 473 g/mol. The number of carbonyl (C=O) groups is 1. The minimum absolute atomic E-state index is 0.259. The van der Waals surface area contributed by atoms with Gasteiger partial charge in [-0.3, -0.25) is 10.1 Å². The third kappa shape index (κ3) is 4.25. The summed E-state index contributed by atoms with van der Waals surface area (Å²) in [7, 11) is 1.63. The van der Waals surface area contributed by atoms with E-state index in [9.17, 15) is 4.79 Å². The van der Waals surface area contributed by atoms with Gasteiger partial charge in [0.25, 0.3) is 5.91 Å². The summed E-state index contributed by atoms with van der Waals surface area (Å²) < 4.78 is 8.67. The second-order valence-electron chi connectivity index (χ2n) is 5.56. The molecule has 0 spiro atoms. The van der Waals surface area contributed by atoms with E-state index in [4.69, 9.17) is 4.74 Å². The third-order valence-corrected chi connectivity index (χ3v) is 7.26. The number of aromatic nitrogens is 2. The minimum atomic E-state index is -0.289. The molecule has 0 bridgehead atoms. The molecule has 0 aliphatic carbocycles. The summed E-state index contributed by atoms with van der Waals surface area (Å²) in [5.74, 6) is 0.508. The van der Waals surface area contributed by atoms with Crippen molar-refractivity contribution in [1.29, 1.82) is 0 Å². The van der Waals surface area contributed by atoms with Crippen molar-refractivity contribution in [2.75, 3.05) is 12.4 Å². The fraction of sp³-hybridized carbons (Fsp3) is 0.0500. The van der Waals surface area contributed by atoms with Crippen LogP contribution in [0.25, 0.3) is 10.2 Å². The molecule has 0 aliphatic heterocycles. The highest BCUT2D eigenvalue weighted by Crippen LogP contribution is 2.29. The molecule has 0 atom stereocenters. The van der Waals surface area contributed by atoms with Crippen molar-refractivity contribution >= 4 is 32.6 Å². The first kappa shape index (κ1) is 17.9. The molecule has 7 heteroatoms. The maximum atomic E-state index is 12.5. The molecule has 0 unspecified atom stereocenters. The first-order chi connectivity index (χ1) is 13.2. The number of anilines is 1. The minimum Gasteiger partial charge on any atom is -0.497 e. The van der Waals surface area contributed by atoms with Crippen LogP contribution in [0.15, 0.2) is 66.9 Å². The quantitative estimate of drug-likeness (QED) is 0.428. The summed E-state index contributed by atoms with van der Waals surface area (Å²) >= 11 is 1.12. The Balaban J connectivity index is 1.46. The Bertz CT molecular complexity index is 1080. The normalized spacial score (nSPS) is 10.7. The summed E-state index contributed by atoms with van der Waals surface area (Å²) in [4.78, 5) is 21.2. The molecule has 2 heterocycles. The van der Waals surface area contributed by atoms with Crippen LogP contribution in [0.5, 0.6) is 5.75 Å². The van der Waals surface area contributed by atoms with E-state index in [1.165, 1.54) is 18.5 Å². The van der Waals surface area contributed by atoms with E-state index in [1.54, 1.807) is 19.4 Å². The molecule has 27 heavy (non-hydrogen) atoms. The second-order valence-corrected chi connectivity index (χ2v) is 9.62. The van der Waals surface area contributed by atoms with E-state index in [-0.39, 0.29) is 27.1 Å². The van der Waals surface area contributed by atoms with Crippen LogP contribution in [-0.4, -0.2) is 23.0 Å². The molecule has 134 valence electrons. The van der Waals surface area contributed by atoms with Crippen molar-refractivity contribution in [2.24, 2.45) is 0 Å². The number of amides is 1.